The van der Waals surface area contributed by atoms with Gasteiger partial charge in [-0.15, -0.1) is 0 Å². The molecule has 1 aromatic heterocycles. The first-order chi connectivity index (χ1) is 9.66. The first kappa shape index (κ1) is 13.2. The fraction of sp³-hybridized carbons (Fsp3) is 0.438. The molecule has 0 amide bonds. The van der Waals surface area contributed by atoms with Crippen LogP contribution < -0.4 is 0 Å². The number of ether oxygens (including phenoxy) is 1. The summed E-state index contributed by atoms with van der Waals surface area (Å²) in [5.41, 5.74) is 3.23. The van der Waals surface area contributed by atoms with Crippen LogP contribution in [0.1, 0.15) is 22.5 Å². The Kier molecular flexibility index (Phi) is 3.49. The molecule has 0 N–H and O–H groups in total. The molecular formula is C16H20N2O2. The summed E-state index contributed by atoms with van der Waals surface area (Å²) in [5.74, 6) is -0.212. The second kappa shape index (κ2) is 5.29. The maximum absolute atomic E-state index is 12.2. The van der Waals surface area contributed by atoms with Crippen LogP contribution in [0.5, 0.6) is 0 Å². The van der Waals surface area contributed by atoms with Gasteiger partial charge in [-0.2, -0.15) is 0 Å². The summed E-state index contributed by atoms with van der Waals surface area (Å²) in [5, 5.41) is 1.14. The first-order valence-electron chi connectivity index (χ1n) is 7.10. The van der Waals surface area contributed by atoms with Crippen molar-refractivity contribution in [2.75, 3.05) is 27.2 Å². The number of para-hydroxylation sites is 1. The summed E-state index contributed by atoms with van der Waals surface area (Å²) < 4.78 is 7.49. The molecule has 0 radical (unpaired) electrons. The molecule has 0 spiro atoms. The predicted molar refractivity (Wildman–Crippen MR) is 79.1 cm³/mol. The number of nitrogens with zero attached hydrogens (tertiary/aromatic N) is 2. The summed E-state index contributed by atoms with van der Waals surface area (Å²) >= 11 is 0. The van der Waals surface area contributed by atoms with Gasteiger partial charge in [0.25, 0.3) is 0 Å². The van der Waals surface area contributed by atoms with Gasteiger partial charge in [-0.1, -0.05) is 18.2 Å². The van der Waals surface area contributed by atoms with Crippen LogP contribution in [-0.4, -0.2) is 42.7 Å². The Morgan fingerprint density at radius 2 is 2.25 bits per heavy atom. The van der Waals surface area contributed by atoms with Crippen LogP contribution in [0.15, 0.2) is 24.3 Å². The van der Waals surface area contributed by atoms with Crippen LogP contribution in [0.4, 0.5) is 0 Å². The lowest BCUT2D eigenvalue weighted by Crippen LogP contribution is -2.22. The van der Waals surface area contributed by atoms with Gasteiger partial charge in [0.2, 0.25) is 0 Å². The largest absolute Gasteiger partial charge is 0.460 e. The normalized spacial score (nSPS) is 13.9. The van der Waals surface area contributed by atoms with Gasteiger partial charge in [0.15, 0.2) is 0 Å². The predicted octanol–water partition coefficient (Wildman–Crippen LogP) is 2.31. The standard InChI is InChI=1S/C16H20N2O2/c1-17(2)9-10-20-16(19)14-11-13-6-3-5-12-7-4-8-18(14)15(12)13/h3,5-6,11H,4,7-10H2,1-2H3. The van der Waals surface area contributed by atoms with Crippen molar-refractivity contribution in [2.45, 2.75) is 19.4 Å². The van der Waals surface area contributed by atoms with E-state index in [9.17, 15) is 4.79 Å². The van der Waals surface area contributed by atoms with E-state index in [-0.39, 0.29) is 5.97 Å². The number of esters is 1. The molecule has 1 aliphatic rings. The first-order valence-corrected chi connectivity index (χ1v) is 7.10. The Labute approximate surface area is 118 Å². The molecule has 1 aliphatic heterocycles. The molecule has 0 atom stereocenters. The van der Waals surface area contributed by atoms with Crippen LogP contribution in [-0.2, 0) is 17.7 Å². The third kappa shape index (κ3) is 2.31. The smallest absolute Gasteiger partial charge is 0.355 e. The van der Waals surface area contributed by atoms with Crippen molar-refractivity contribution in [3.63, 3.8) is 0 Å². The number of carbonyl (C=O) groups is 1. The van der Waals surface area contributed by atoms with Gasteiger partial charge in [-0.3, -0.25) is 0 Å². The summed E-state index contributed by atoms with van der Waals surface area (Å²) in [7, 11) is 3.94. The highest BCUT2D eigenvalue weighted by molar-refractivity contribution is 5.97. The zero-order valence-corrected chi connectivity index (χ0v) is 12.1. The fourth-order valence-corrected chi connectivity index (χ4v) is 2.83. The van der Waals surface area contributed by atoms with E-state index < -0.39 is 0 Å². The maximum Gasteiger partial charge on any atom is 0.355 e. The third-order valence-electron chi connectivity index (χ3n) is 3.81. The van der Waals surface area contributed by atoms with Crippen molar-refractivity contribution in [1.82, 2.24) is 9.47 Å². The monoisotopic (exact) mass is 272 g/mol. The zero-order chi connectivity index (χ0) is 14.1. The van der Waals surface area contributed by atoms with Crippen LogP contribution in [0.3, 0.4) is 0 Å². The van der Waals surface area contributed by atoms with Gasteiger partial charge in [0.1, 0.15) is 12.3 Å². The minimum atomic E-state index is -0.212. The molecule has 2 aromatic rings. The summed E-state index contributed by atoms with van der Waals surface area (Å²) in [6, 6.07) is 8.24. The average Bonchev–Trinajstić information content (AvgIpc) is 2.80. The minimum absolute atomic E-state index is 0.212. The van der Waals surface area contributed by atoms with Crippen molar-refractivity contribution in [3.8, 4) is 0 Å². The third-order valence-corrected chi connectivity index (χ3v) is 3.81. The second-order valence-electron chi connectivity index (χ2n) is 5.58. The number of hydrogen-bond acceptors (Lipinski definition) is 3. The number of hydrogen-bond donors (Lipinski definition) is 0. The van der Waals surface area contributed by atoms with Gasteiger partial charge in [0.05, 0.1) is 5.52 Å². The molecule has 0 saturated heterocycles. The number of carbonyl (C=O) groups excluding carboxylic acids is 1. The fourth-order valence-electron chi connectivity index (χ4n) is 2.83. The zero-order valence-electron chi connectivity index (χ0n) is 12.1. The van der Waals surface area contributed by atoms with Crippen molar-refractivity contribution in [2.24, 2.45) is 0 Å². The van der Waals surface area contributed by atoms with Gasteiger partial charge >= 0.3 is 5.97 Å². The lowest BCUT2D eigenvalue weighted by atomic mass is 10.0. The second-order valence-corrected chi connectivity index (χ2v) is 5.58. The van der Waals surface area contributed by atoms with Crippen molar-refractivity contribution in [1.29, 1.82) is 0 Å². The molecule has 20 heavy (non-hydrogen) atoms. The number of benzene rings is 1. The molecule has 0 bridgehead atoms. The molecule has 0 aliphatic carbocycles. The number of likely N-dealkylation sites (N-methyl/N-ethyl adjacent to an activating group) is 1. The SMILES string of the molecule is CN(C)CCOC(=O)c1cc2cccc3c2n1CCC3. The summed E-state index contributed by atoms with van der Waals surface area (Å²) in [6.45, 7) is 2.08. The number of aryl methyl sites for hydroxylation is 2. The van der Waals surface area contributed by atoms with Gasteiger partial charge in [-0.05, 0) is 38.6 Å². The summed E-state index contributed by atoms with van der Waals surface area (Å²) in [4.78, 5) is 14.3. The molecule has 4 heteroatoms. The Morgan fingerprint density at radius 3 is 3.05 bits per heavy atom. The molecule has 0 fully saturated rings. The summed E-state index contributed by atoms with van der Waals surface area (Å²) in [6.07, 6.45) is 2.18. The lowest BCUT2D eigenvalue weighted by Gasteiger charge is -2.17. The Bertz CT molecular complexity index is 643. The van der Waals surface area contributed by atoms with Crippen LogP contribution in [0, 0.1) is 0 Å². The highest BCUT2D eigenvalue weighted by atomic mass is 16.5. The van der Waals surface area contributed by atoms with E-state index in [0.717, 1.165) is 31.3 Å². The Balaban J connectivity index is 1.89. The van der Waals surface area contributed by atoms with E-state index >= 15 is 0 Å². The molecule has 106 valence electrons. The topological polar surface area (TPSA) is 34.5 Å². The maximum atomic E-state index is 12.2. The molecule has 0 unspecified atom stereocenters. The van der Waals surface area contributed by atoms with Crippen molar-refractivity contribution in [3.05, 3.63) is 35.5 Å². The van der Waals surface area contributed by atoms with Crippen molar-refractivity contribution >= 4 is 16.9 Å². The Morgan fingerprint density at radius 1 is 1.40 bits per heavy atom. The van der Waals surface area contributed by atoms with Crippen LogP contribution in [0.2, 0.25) is 0 Å². The van der Waals surface area contributed by atoms with E-state index in [1.54, 1.807) is 0 Å². The highest BCUT2D eigenvalue weighted by Gasteiger charge is 2.21. The van der Waals surface area contributed by atoms with Gasteiger partial charge in [-0.25, -0.2) is 4.79 Å². The van der Waals surface area contributed by atoms with Gasteiger partial charge in [0, 0.05) is 18.5 Å². The van der Waals surface area contributed by atoms with E-state index in [1.807, 2.05) is 25.1 Å². The minimum Gasteiger partial charge on any atom is -0.460 e. The number of aromatic nitrogens is 1. The van der Waals surface area contributed by atoms with E-state index in [0.29, 0.717) is 12.3 Å². The quantitative estimate of drug-likeness (QED) is 0.801. The molecule has 1 aromatic carbocycles. The molecule has 0 saturated carbocycles. The average molecular weight is 272 g/mol. The lowest BCUT2D eigenvalue weighted by molar-refractivity contribution is 0.0469. The van der Waals surface area contributed by atoms with Crippen LogP contribution >= 0.6 is 0 Å². The number of rotatable bonds is 4. The Hall–Kier alpha value is -1.81. The van der Waals surface area contributed by atoms with Crippen molar-refractivity contribution < 1.29 is 9.53 Å². The molecule has 3 rings (SSSR count). The van der Waals surface area contributed by atoms with Crippen LogP contribution in [0.25, 0.3) is 10.9 Å². The van der Waals surface area contributed by atoms with E-state index in [2.05, 4.69) is 22.8 Å². The highest BCUT2D eigenvalue weighted by Crippen LogP contribution is 2.28. The molecule has 2 heterocycles. The van der Waals surface area contributed by atoms with Gasteiger partial charge < -0.3 is 14.2 Å². The van der Waals surface area contributed by atoms with E-state index in [4.69, 9.17) is 4.74 Å². The molecular weight excluding hydrogens is 252 g/mol. The molecule has 4 nitrogen and oxygen atoms in total. The van der Waals surface area contributed by atoms with E-state index in [1.165, 1.54) is 11.1 Å².